The Bertz CT molecular complexity index is 771. The zero-order chi connectivity index (χ0) is 16.8. The van der Waals surface area contributed by atoms with Crippen LogP contribution in [0.1, 0.15) is 6.42 Å². The molecule has 0 saturated carbocycles. The summed E-state index contributed by atoms with van der Waals surface area (Å²) in [5, 5.41) is 15.7. The van der Waals surface area contributed by atoms with Crippen molar-refractivity contribution in [2.45, 2.75) is 13.0 Å². The van der Waals surface area contributed by atoms with Gasteiger partial charge in [0.15, 0.2) is 0 Å². The Morgan fingerprint density at radius 2 is 1.87 bits per heavy atom. The smallest absolute Gasteiger partial charge is 0.305 e. The molecule has 1 aromatic heterocycles. The molecular formula is C15H14ClN3O4. The summed E-state index contributed by atoms with van der Waals surface area (Å²) in [7, 11) is 0. The van der Waals surface area contributed by atoms with Crippen molar-refractivity contribution in [1.82, 2.24) is 15.1 Å². The van der Waals surface area contributed by atoms with Crippen molar-refractivity contribution in [2.24, 2.45) is 0 Å². The highest BCUT2D eigenvalue weighted by Crippen LogP contribution is 2.18. The summed E-state index contributed by atoms with van der Waals surface area (Å²) in [6.07, 6.45) is -0.182. The first-order valence-corrected chi connectivity index (χ1v) is 7.16. The predicted octanol–water partition coefficient (Wildman–Crippen LogP) is 1.15. The van der Waals surface area contributed by atoms with Crippen LogP contribution in [0.4, 0.5) is 0 Å². The highest BCUT2D eigenvalue weighted by atomic mass is 35.5. The number of aliphatic carboxylic acids is 1. The fourth-order valence-electron chi connectivity index (χ4n) is 1.84. The zero-order valence-corrected chi connectivity index (χ0v) is 12.8. The molecule has 23 heavy (non-hydrogen) atoms. The van der Waals surface area contributed by atoms with Crippen molar-refractivity contribution in [3.63, 3.8) is 0 Å². The van der Waals surface area contributed by atoms with Gasteiger partial charge in [0, 0.05) is 23.2 Å². The van der Waals surface area contributed by atoms with Crippen molar-refractivity contribution in [3.8, 4) is 11.3 Å². The molecule has 0 aliphatic rings. The van der Waals surface area contributed by atoms with Gasteiger partial charge < -0.3 is 10.4 Å². The lowest BCUT2D eigenvalue weighted by Crippen LogP contribution is -2.34. The normalized spacial score (nSPS) is 10.3. The maximum atomic E-state index is 11.8. The Hall–Kier alpha value is -2.67. The number of hydrogen-bond acceptors (Lipinski definition) is 4. The lowest BCUT2D eigenvalue weighted by Gasteiger charge is -2.08. The van der Waals surface area contributed by atoms with Crippen LogP contribution >= 0.6 is 11.6 Å². The van der Waals surface area contributed by atoms with Gasteiger partial charge in [-0.25, -0.2) is 4.68 Å². The second-order valence-corrected chi connectivity index (χ2v) is 5.15. The monoisotopic (exact) mass is 335 g/mol. The summed E-state index contributed by atoms with van der Waals surface area (Å²) in [5.41, 5.74) is 0.866. The van der Waals surface area contributed by atoms with Crippen molar-refractivity contribution >= 4 is 23.5 Å². The number of halogens is 1. The molecular weight excluding hydrogens is 322 g/mol. The number of hydrogen-bond donors (Lipinski definition) is 2. The van der Waals surface area contributed by atoms with Gasteiger partial charge in [-0.1, -0.05) is 23.7 Å². The Morgan fingerprint density at radius 1 is 1.17 bits per heavy atom. The van der Waals surface area contributed by atoms with Crippen molar-refractivity contribution in [3.05, 3.63) is 51.8 Å². The molecule has 120 valence electrons. The lowest BCUT2D eigenvalue weighted by atomic mass is 10.1. The van der Waals surface area contributed by atoms with Crippen LogP contribution in [0.15, 0.2) is 41.2 Å². The molecule has 0 spiro atoms. The Morgan fingerprint density at radius 3 is 2.52 bits per heavy atom. The Labute approximate surface area is 136 Å². The number of carboxylic acids is 1. The topological polar surface area (TPSA) is 101 Å². The van der Waals surface area contributed by atoms with Crippen molar-refractivity contribution < 1.29 is 14.7 Å². The minimum atomic E-state index is -1.01. The Kier molecular flexibility index (Phi) is 5.48. The molecule has 2 rings (SSSR count). The average molecular weight is 336 g/mol. The molecule has 7 nitrogen and oxygen atoms in total. The van der Waals surface area contributed by atoms with Crippen LogP contribution in [-0.2, 0) is 16.1 Å². The molecule has 1 aromatic carbocycles. The van der Waals surface area contributed by atoms with E-state index < -0.39 is 17.4 Å². The highest BCUT2D eigenvalue weighted by Gasteiger charge is 2.08. The van der Waals surface area contributed by atoms with Crippen LogP contribution in [0, 0.1) is 0 Å². The Balaban J connectivity index is 2.11. The zero-order valence-electron chi connectivity index (χ0n) is 12.0. The predicted molar refractivity (Wildman–Crippen MR) is 84.2 cm³/mol. The molecule has 1 heterocycles. The summed E-state index contributed by atoms with van der Waals surface area (Å²) in [6.45, 7) is -0.278. The molecule has 0 radical (unpaired) electrons. The molecule has 2 N–H and O–H groups in total. The minimum absolute atomic E-state index is 0.000206. The number of rotatable bonds is 6. The van der Waals surface area contributed by atoms with E-state index in [1.54, 1.807) is 30.3 Å². The van der Waals surface area contributed by atoms with Gasteiger partial charge in [0.2, 0.25) is 5.91 Å². The maximum Gasteiger partial charge on any atom is 0.305 e. The van der Waals surface area contributed by atoms with E-state index in [-0.39, 0.29) is 19.5 Å². The molecule has 0 aliphatic carbocycles. The first kappa shape index (κ1) is 16.7. The molecule has 0 saturated heterocycles. The van der Waals surface area contributed by atoms with Gasteiger partial charge in [-0.3, -0.25) is 14.4 Å². The second-order valence-electron chi connectivity index (χ2n) is 4.72. The van der Waals surface area contributed by atoms with Gasteiger partial charge >= 0.3 is 5.97 Å². The average Bonchev–Trinajstić information content (AvgIpc) is 2.50. The third kappa shape index (κ3) is 4.93. The number of aromatic nitrogens is 2. The minimum Gasteiger partial charge on any atom is -0.481 e. The van der Waals surface area contributed by atoms with E-state index in [0.717, 1.165) is 10.2 Å². The maximum absolute atomic E-state index is 11.8. The van der Waals surface area contributed by atoms with E-state index in [1.807, 2.05) is 0 Å². The first-order valence-electron chi connectivity index (χ1n) is 6.78. The van der Waals surface area contributed by atoms with Gasteiger partial charge in [0.1, 0.15) is 6.54 Å². The standard InChI is InChI=1S/C15H14ClN3O4/c16-11-3-1-10(2-4-11)12-5-6-14(21)19(18-12)9-13(20)17-8-7-15(22)23/h1-6H,7-9H2,(H,17,20)(H,22,23). The van der Waals surface area contributed by atoms with E-state index in [4.69, 9.17) is 16.7 Å². The van der Waals surface area contributed by atoms with Crippen LogP contribution in [0.3, 0.4) is 0 Å². The number of carbonyl (C=O) groups excluding carboxylic acids is 1. The van der Waals surface area contributed by atoms with Gasteiger partial charge in [0.25, 0.3) is 5.56 Å². The number of carbonyl (C=O) groups is 2. The van der Waals surface area contributed by atoms with E-state index in [0.29, 0.717) is 10.7 Å². The van der Waals surface area contributed by atoms with E-state index in [2.05, 4.69) is 10.4 Å². The van der Waals surface area contributed by atoms with Gasteiger partial charge in [-0.15, -0.1) is 0 Å². The summed E-state index contributed by atoms with van der Waals surface area (Å²) < 4.78 is 1.03. The van der Waals surface area contributed by atoms with Gasteiger partial charge in [-0.2, -0.15) is 5.10 Å². The summed E-state index contributed by atoms with van der Waals surface area (Å²) in [6, 6.07) is 9.80. The van der Waals surface area contributed by atoms with Crippen molar-refractivity contribution in [2.75, 3.05) is 6.54 Å². The van der Waals surface area contributed by atoms with E-state index >= 15 is 0 Å². The second kappa shape index (κ2) is 7.55. The molecule has 8 heteroatoms. The third-order valence-electron chi connectivity index (χ3n) is 2.96. The molecule has 0 aliphatic heterocycles. The number of benzene rings is 1. The molecule has 0 atom stereocenters. The van der Waals surface area contributed by atoms with Gasteiger partial charge in [-0.05, 0) is 18.2 Å². The van der Waals surface area contributed by atoms with Crippen LogP contribution in [0.5, 0.6) is 0 Å². The fourth-order valence-corrected chi connectivity index (χ4v) is 1.96. The number of amides is 1. The fraction of sp³-hybridized carbons (Fsp3) is 0.200. The van der Waals surface area contributed by atoms with Crippen LogP contribution in [-0.4, -0.2) is 33.3 Å². The van der Waals surface area contributed by atoms with Gasteiger partial charge in [0.05, 0.1) is 12.1 Å². The van der Waals surface area contributed by atoms with Crippen LogP contribution < -0.4 is 10.9 Å². The van der Waals surface area contributed by atoms with Crippen LogP contribution in [0.25, 0.3) is 11.3 Å². The molecule has 0 fully saturated rings. The molecule has 0 unspecified atom stereocenters. The molecule has 0 bridgehead atoms. The summed E-state index contributed by atoms with van der Waals surface area (Å²) >= 11 is 5.82. The van der Waals surface area contributed by atoms with E-state index in [1.165, 1.54) is 6.07 Å². The summed E-state index contributed by atoms with van der Waals surface area (Å²) in [5.74, 6) is -1.49. The third-order valence-corrected chi connectivity index (χ3v) is 3.21. The van der Waals surface area contributed by atoms with E-state index in [9.17, 15) is 14.4 Å². The largest absolute Gasteiger partial charge is 0.481 e. The van der Waals surface area contributed by atoms with Crippen molar-refractivity contribution in [1.29, 1.82) is 0 Å². The molecule has 2 aromatic rings. The summed E-state index contributed by atoms with van der Waals surface area (Å²) in [4.78, 5) is 33.9. The quantitative estimate of drug-likeness (QED) is 0.824. The first-order chi connectivity index (χ1) is 11.0. The SMILES string of the molecule is O=C(O)CCNC(=O)Cn1nc(-c2ccc(Cl)cc2)ccc1=O. The lowest BCUT2D eigenvalue weighted by molar-refractivity contribution is -0.136. The number of carboxylic acid groups (broad SMARTS) is 1. The van der Waals surface area contributed by atoms with Crippen LogP contribution in [0.2, 0.25) is 5.02 Å². The molecule has 1 amide bonds. The number of nitrogens with one attached hydrogen (secondary N) is 1. The highest BCUT2D eigenvalue weighted by molar-refractivity contribution is 6.30. The number of nitrogens with zero attached hydrogens (tertiary/aromatic N) is 2.